The van der Waals surface area contributed by atoms with E-state index in [1.807, 2.05) is 6.07 Å². The lowest BCUT2D eigenvalue weighted by molar-refractivity contribution is -0.141. The van der Waals surface area contributed by atoms with Gasteiger partial charge in [0.25, 0.3) is 5.56 Å². The minimum Gasteiger partial charge on any atom is -0.274 e. The van der Waals surface area contributed by atoms with E-state index in [9.17, 15) is 18.0 Å². The Kier molecular flexibility index (Phi) is 3.40. The molecule has 0 bridgehead atoms. The summed E-state index contributed by atoms with van der Waals surface area (Å²) < 4.78 is 43.2. The molecule has 0 saturated heterocycles. The Bertz CT molecular complexity index is 1300. The van der Waals surface area contributed by atoms with Crippen LogP contribution in [0.1, 0.15) is 30.1 Å². The highest BCUT2D eigenvalue weighted by molar-refractivity contribution is 6.03. The molecule has 0 N–H and O–H groups in total. The summed E-state index contributed by atoms with van der Waals surface area (Å²) in [6.07, 6.45) is -0.00955. The van der Waals surface area contributed by atoms with Crippen LogP contribution in [0, 0.1) is 0 Å². The number of aryl methyl sites for hydroxylation is 1. The zero-order chi connectivity index (χ0) is 19.6. The second-order valence-electron chi connectivity index (χ2n) is 6.96. The van der Waals surface area contributed by atoms with E-state index in [-0.39, 0.29) is 22.8 Å². The monoisotopic (exact) mass is 385 g/mol. The molecular formula is C19H14F3N5O. The lowest BCUT2D eigenvalue weighted by atomic mass is 10.1. The molecule has 28 heavy (non-hydrogen) atoms. The molecular weight excluding hydrogens is 371 g/mol. The molecule has 4 aromatic rings. The Labute approximate surface area is 156 Å². The Morgan fingerprint density at radius 2 is 1.93 bits per heavy atom. The van der Waals surface area contributed by atoms with Gasteiger partial charge >= 0.3 is 6.18 Å². The molecule has 0 radical (unpaired) electrons. The van der Waals surface area contributed by atoms with Crippen molar-refractivity contribution in [1.29, 1.82) is 0 Å². The van der Waals surface area contributed by atoms with Crippen LogP contribution in [0.5, 0.6) is 0 Å². The van der Waals surface area contributed by atoms with Gasteiger partial charge in [-0.25, -0.2) is 9.97 Å². The summed E-state index contributed by atoms with van der Waals surface area (Å²) >= 11 is 0. The molecule has 4 heterocycles. The van der Waals surface area contributed by atoms with E-state index in [1.165, 1.54) is 16.8 Å². The third-order valence-corrected chi connectivity index (χ3v) is 4.92. The zero-order valence-corrected chi connectivity index (χ0v) is 14.7. The van der Waals surface area contributed by atoms with Crippen LogP contribution in [-0.2, 0) is 13.2 Å². The second-order valence-corrected chi connectivity index (χ2v) is 6.96. The average Bonchev–Trinajstić information content (AvgIpc) is 3.42. The Morgan fingerprint density at radius 1 is 1.14 bits per heavy atom. The number of hydrogen-bond acceptors (Lipinski definition) is 4. The predicted octanol–water partition coefficient (Wildman–Crippen LogP) is 3.56. The summed E-state index contributed by atoms with van der Waals surface area (Å²) in [5.41, 5.74) is -1.07. The first-order valence-electron chi connectivity index (χ1n) is 8.76. The molecule has 0 amide bonds. The highest BCUT2D eigenvalue weighted by atomic mass is 19.4. The maximum absolute atomic E-state index is 13.6. The van der Waals surface area contributed by atoms with Gasteiger partial charge in [0.15, 0.2) is 11.2 Å². The van der Waals surface area contributed by atoms with Crippen molar-refractivity contribution in [2.45, 2.75) is 24.9 Å². The first kappa shape index (κ1) is 16.9. The molecule has 0 aromatic carbocycles. The number of alkyl halides is 3. The molecule has 0 aliphatic heterocycles. The minimum atomic E-state index is -4.71. The first-order valence-corrected chi connectivity index (χ1v) is 8.76. The minimum absolute atomic E-state index is 0.0907. The van der Waals surface area contributed by atoms with Crippen LogP contribution in [0.25, 0.3) is 27.6 Å². The summed E-state index contributed by atoms with van der Waals surface area (Å²) in [5, 5.41) is 5.30. The summed E-state index contributed by atoms with van der Waals surface area (Å²) in [4.78, 5) is 21.3. The lowest BCUT2D eigenvalue weighted by Crippen LogP contribution is -2.24. The van der Waals surface area contributed by atoms with Gasteiger partial charge in [0.1, 0.15) is 5.65 Å². The Balaban J connectivity index is 1.96. The highest BCUT2D eigenvalue weighted by Crippen LogP contribution is 2.40. The van der Waals surface area contributed by atoms with Crippen molar-refractivity contribution in [2.75, 3.05) is 0 Å². The van der Waals surface area contributed by atoms with Gasteiger partial charge in [-0.2, -0.15) is 18.3 Å². The number of rotatable bonds is 2. The van der Waals surface area contributed by atoms with Crippen LogP contribution in [0.2, 0.25) is 0 Å². The van der Waals surface area contributed by atoms with E-state index < -0.39 is 17.4 Å². The molecule has 0 atom stereocenters. The Morgan fingerprint density at radius 3 is 2.64 bits per heavy atom. The van der Waals surface area contributed by atoms with Crippen LogP contribution >= 0.6 is 0 Å². The van der Waals surface area contributed by atoms with E-state index >= 15 is 0 Å². The quantitative estimate of drug-likeness (QED) is 0.529. The molecule has 9 heteroatoms. The maximum atomic E-state index is 13.6. The molecule has 1 fully saturated rings. The molecule has 1 aliphatic rings. The van der Waals surface area contributed by atoms with Crippen molar-refractivity contribution in [2.24, 2.45) is 7.05 Å². The van der Waals surface area contributed by atoms with Crippen molar-refractivity contribution in [3.63, 3.8) is 0 Å². The Hall–Kier alpha value is -3.23. The highest BCUT2D eigenvalue weighted by Gasteiger charge is 2.37. The fourth-order valence-electron chi connectivity index (χ4n) is 3.51. The van der Waals surface area contributed by atoms with Crippen LogP contribution < -0.4 is 5.56 Å². The van der Waals surface area contributed by atoms with Gasteiger partial charge in [-0.3, -0.25) is 14.0 Å². The zero-order valence-electron chi connectivity index (χ0n) is 14.7. The molecule has 4 aromatic heterocycles. The molecule has 1 saturated carbocycles. The van der Waals surface area contributed by atoms with Gasteiger partial charge in [-0.1, -0.05) is 0 Å². The third-order valence-electron chi connectivity index (χ3n) is 4.92. The van der Waals surface area contributed by atoms with Gasteiger partial charge in [0, 0.05) is 41.8 Å². The van der Waals surface area contributed by atoms with Gasteiger partial charge in [-0.15, -0.1) is 0 Å². The number of hydrogen-bond donors (Lipinski definition) is 0. The normalized spacial score (nSPS) is 14.9. The van der Waals surface area contributed by atoms with E-state index in [0.717, 1.165) is 29.3 Å². The van der Waals surface area contributed by atoms with Crippen molar-refractivity contribution in [1.82, 2.24) is 24.3 Å². The predicted molar refractivity (Wildman–Crippen MR) is 96.4 cm³/mol. The fraction of sp³-hybridized carbons (Fsp3) is 0.263. The van der Waals surface area contributed by atoms with Gasteiger partial charge in [0.2, 0.25) is 0 Å². The number of pyridine rings is 3. The summed E-state index contributed by atoms with van der Waals surface area (Å²) in [7, 11) is 1.66. The smallest absolute Gasteiger partial charge is 0.274 e. The van der Waals surface area contributed by atoms with Crippen molar-refractivity contribution in [3.8, 4) is 5.69 Å². The third kappa shape index (κ3) is 2.49. The van der Waals surface area contributed by atoms with Gasteiger partial charge in [-0.05, 0) is 37.1 Å². The molecule has 5 rings (SSSR count). The number of aromatic nitrogens is 5. The van der Waals surface area contributed by atoms with E-state index in [2.05, 4.69) is 15.1 Å². The van der Waals surface area contributed by atoms with Crippen LogP contribution in [0.3, 0.4) is 0 Å². The topological polar surface area (TPSA) is 65.6 Å². The van der Waals surface area contributed by atoms with Crippen molar-refractivity contribution >= 4 is 21.9 Å². The van der Waals surface area contributed by atoms with E-state index in [1.54, 1.807) is 19.3 Å². The SMILES string of the molecule is Cn1cc2c(n1)c(=O)n(-c1cccnc1C(F)(F)F)c1nc(C3CC3)ccc21. The maximum Gasteiger partial charge on any atom is 0.435 e. The number of halogens is 3. The molecule has 0 unspecified atom stereocenters. The summed E-state index contributed by atoms with van der Waals surface area (Å²) in [6, 6.07) is 6.28. The van der Waals surface area contributed by atoms with Crippen LogP contribution in [-0.4, -0.2) is 24.3 Å². The standard InChI is InChI=1S/C19H14F3N5O/c1-26-9-12-11-6-7-13(10-4-5-10)24-17(11)27(18(28)15(12)25-26)14-3-2-8-23-16(14)19(20,21)22/h2-3,6-10H,4-5H2,1H3. The van der Waals surface area contributed by atoms with Crippen LogP contribution in [0.15, 0.2) is 41.5 Å². The van der Waals surface area contributed by atoms with Gasteiger partial charge in [0.05, 0.1) is 5.69 Å². The molecule has 1 aliphatic carbocycles. The second kappa shape index (κ2) is 5.63. The molecule has 6 nitrogen and oxygen atoms in total. The summed E-state index contributed by atoms with van der Waals surface area (Å²) in [6.45, 7) is 0. The lowest BCUT2D eigenvalue weighted by Gasteiger charge is -2.15. The van der Waals surface area contributed by atoms with Crippen molar-refractivity contribution < 1.29 is 13.2 Å². The average molecular weight is 385 g/mol. The fourth-order valence-corrected chi connectivity index (χ4v) is 3.51. The number of nitrogens with zero attached hydrogens (tertiary/aromatic N) is 5. The van der Waals surface area contributed by atoms with Crippen LogP contribution in [0.4, 0.5) is 13.2 Å². The molecule has 142 valence electrons. The first-order chi connectivity index (χ1) is 13.3. The largest absolute Gasteiger partial charge is 0.435 e. The molecule has 0 spiro atoms. The van der Waals surface area contributed by atoms with E-state index in [4.69, 9.17) is 0 Å². The van der Waals surface area contributed by atoms with Gasteiger partial charge < -0.3 is 0 Å². The number of fused-ring (bicyclic) bond motifs is 3. The van der Waals surface area contributed by atoms with Crippen molar-refractivity contribution in [3.05, 3.63) is 58.4 Å². The summed E-state index contributed by atoms with van der Waals surface area (Å²) in [5.74, 6) is 0.286. The van der Waals surface area contributed by atoms with E-state index in [0.29, 0.717) is 10.8 Å².